The van der Waals surface area contributed by atoms with E-state index in [9.17, 15) is 0 Å². The molecule has 122 valence electrons. The normalized spacial score (nSPS) is 10.9. The molecule has 14 heteroatoms. The predicted octanol–water partition coefficient (Wildman–Crippen LogP) is -3.62. The molecule has 0 aromatic rings. The van der Waals surface area contributed by atoms with Gasteiger partial charge in [0, 0.05) is 13.1 Å². The maximum atomic E-state index is 7.63. The highest BCUT2D eigenvalue weighted by Crippen LogP contribution is 2.25. The van der Waals surface area contributed by atoms with Gasteiger partial charge in [0.1, 0.15) is 0 Å². The van der Waals surface area contributed by atoms with Crippen LogP contribution in [-0.4, -0.2) is 76.0 Å². The molecule has 0 atom stereocenters. The van der Waals surface area contributed by atoms with Crippen molar-refractivity contribution >= 4 is 41.6 Å². The van der Waals surface area contributed by atoms with Gasteiger partial charge in [-0.2, -0.15) is 0 Å². The number of nitrogens with two attached hydrogens (primary N) is 2. The maximum absolute atomic E-state index is 7.63. The molecule has 0 aromatic carbocycles. The van der Waals surface area contributed by atoms with Crippen LogP contribution in [0.5, 0.6) is 0 Å². The molecule has 0 unspecified atom stereocenters. The van der Waals surface area contributed by atoms with E-state index in [-0.39, 0.29) is 0 Å². The van der Waals surface area contributed by atoms with E-state index in [0.717, 1.165) is 0 Å². The van der Waals surface area contributed by atoms with Gasteiger partial charge in [-0.05, 0) is 18.9 Å². The van der Waals surface area contributed by atoms with Gasteiger partial charge in [0.15, 0.2) is 0 Å². The Labute approximate surface area is 111 Å². The van der Waals surface area contributed by atoms with Crippen molar-refractivity contribution in [1.29, 1.82) is 0 Å². The molecule has 0 rings (SSSR count). The first-order valence-corrected chi connectivity index (χ1v) is 9.56. The Morgan fingerprint density at radius 1 is 0.526 bits per heavy atom. The third kappa shape index (κ3) is 2350. The SMILES string of the molecule is C=P(O)(O)O.C=P(O)(O)O.C=P(O)(O)O.NCCN. The van der Waals surface area contributed by atoms with E-state index in [2.05, 4.69) is 18.9 Å². The third-order valence-electron chi connectivity index (χ3n) is 0.167. The largest absolute Gasteiger partial charge is 0.333 e. The summed E-state index contributed by atoms with van der Waals surface area (Å²) in [5.74, 6) is 0. The molecule has 0 aliphatic rings. The van der Waals surface area contributed by atoms with Crippen molar-refractivity contribution in [2.24, 2.45) is 11.5 Å². The molecule has 0 saturated carbocycles. The molecule has 13 N–H and O–H groups in total. The second-order valence-corrected chi connectivity index (χ2v) is 6.81. The minimum Gasteiger partial charge on any atom is -0.333 e. The molecule has 0 aliphatic heterocycles. The Hall–Kier alpha value is 0.460. The lowest BCUT2D eigenvalue weighted by molar-refractivity contribution is 0.359. The minimum atomic E-state index is -3.64. The van der Waals surface area contributed by atoms with Gasteiger partial charge < -0.3 is 55.5 Å². The van der Waals surface area contributed by atoms with Crippen LogP contribution in [0, 0.1) is 0 Å². The molecule has 0 amide bonds. The Bertz CT molecular complexity index is 243. The van der Waals surface area contributed by atoms with Crippen molar-refractivity contribution in [1.82, 2.24) is 0 Å². The van der Waals surface area contributed by atoms with Crippen molar-refractivity contribution in [3.05, 3.63) is 0 Å². The molecule has 0 radical (unpaired) electrons. The van der Waals surface area contributed by atoms with Crippen molar-refractivity contribution in [2.75, 3.05) is 13.1 Å². The summed E-state index contributed by atoms with van der Waals surface area (Å²) in [6.07, 6.45) is 7.65. The van der Waals surface area contributed by atoms with Gasteiger partial charge in [0.05, 0.1) is 0 Å². The van der Waals surface area contributed by atoms with E-state index >= 15 is 0 Å². The molecule has 0 aromatic heterocycles. The van der Waals surface area contributed by atoms with Crippen LogP contribution in [0.15, 0.2) is 0 Å². The van der Waals surface area contributed by atoms with Crippen LogP contribution in [0.1, 0.15) is 0 Å². The molecule has 0 spiro atoms. The summed E-state index contributed by atoms with van der Waals surface area (Å²) >= 11 is 0. The Morgan fingerprint density at radius 3 is 0.579 bits per heavy atom. The highest BCUT2D eigenvalue weighted by molar-refractivity contribution is 7.57. The van der Waals surface area contributed by atoms with Crippen LogP contribution >= 0.6 is 22.7 Å². The van der Waals surface area contributed by atoms with Crippen LogP contribution in [0.4, 0.5) is 0 Å². The Kier molecular flexibility index (Phi) is 19.6. The van der Waals surface area contributed by atoms with Crippen molar-refractivity contribution in [3.8, 4) is 0 Å². The van der Waals surface area contributed by atoms with Gasteiger partial charge in [-0.15, -0.1) is 0 Å². The van der Waals surface area contributed by atoms with Gasteiger partial charge in [0.2, 0.25) is 22.7 Å². The summed E-state index contributed by atoms with van der Waals surface area (Å²) < 4.78 is 0. The van der Waals surface area contributed by atoms with Gasteiger partial charge in [-0.3, -0.25) is 0 Å². The van der Waals surface area contributed by atoms with Gasteiger partial charge >= 0.3 is 0 Å². The predicted molar refractivity (Wildman–Crippen MR) is 80.2 cm³/mol. The highest BCUT2D eigenvalue weighted by Gasteiger charge is 1.88. The lowest BCUT2D eigenvalue weighted by Crippen LogP contribution is -2.11. The topological polar surface area (TPSA) is 234 Å². The van der Waals surface area contributed by atoms with Gasteiger partial charge in [0.25, 0.3) is 0 Å². The zero-order chi connectivity index (χ0) is 16.9. The monoisotopic (exact) mass is 348 g/mol. The molecule has 0 fully saturated rings. The average Bonchev–Trinajstić information content (AvgIpc) is 1.93. The van der Waals surface area contributed by atoms with Crippen LogP contribution in [0.2, 0.25) is 0 Å². The van der Waals surface area contributed by atoms with Crippen LogP contribution < -0.4 is 11.5 Å². The minimum absolute atomic E-state index is 0.597. The number of hydrogen-bond acceptors (Lipinski definition) is 11. The van der Waals surface area contributed by atoms with E-state index in [0.29, 0.717) is 13.1 Å². The van der Waals surface area contributed by atoms with Crippen molar-refractivity contribution < 1.29 is 44.0 Å². The maximum Gasteiger partial charge on any atom is 0.242 e. The van der Waals surface area contributed by atoms with Crippen LogP contribution in [-0.2, 0) is 0 Å². The molecule has 0 bridgehead atoms. The number of hydrogen-bond donors (Lipinski definition) is 11. The zero-order valence-electron chi connectivity index (χ0n) is 10.1. The summed E-state index contributed by atoms with van der Waals surface area (Å²) in [5.41, 5.74) is 9.81. The van der Waals surface area contributed by atoms with Gasteiger partial charge in [-0.1, -0.05) is 0 Å². The number of rotatable bonds is 1. The Balaban J connectivity index is -0.0000000793. The Morgan fingerprint density at radius 2 is 0.579 bits per heavy atom. The second kappa shape index (κ2) is 13.4. The van der Waals surface area contributed by atoms with Crippen LogP contribution in [0.25, 0.3) is 0 Å². The van der Waals surface area contributed by atoms with E-state index in [4.69, 9.17) is 55.5 Å². The quantitative estimate of drug-likeness (QED) is 0.207. The fourth-order valence-corrected chi connectivity index (χ4v) is 0. The summed E-state index contributed by atoms with van der Waals surface area (Å²) in [6.45, 7) is 1.19. The first-order chi connectivity index (χ1) is 7.91. The average molecular weight is 348 g/mol. The van der Waals surface area contributed by atoms with Crippen LogP contribution in [0.3, 0.4) is 0 Å². The first-order valence-electron chi connectivity index (χ1n) is 4.07. The lowest BCUT2D eigenvalue weighted by atomic mass is 10.7. The standard InChI is InChI=1S/C2H8N2.3CH5O3P/c3-1-2-4;3*1-5(2,3)4/h1-4H2;3*2-4H,1H2. The van der Waals surface area contributed by atoms with E-state index < -0.39 is 22.7 Å². The molecule has 0 aliphatic carbocycles. The summed E-state index contributed by atoms with van der Waals surface area (Å²) in [4.78, 5) is 68.7. The molecule has 11 nitrogen and oxygen atoms in total. The molecular formula is C5H23N2O9P3. The fourth-order valence-electron chi connectivity index (χ4n) is 0. The molecular weight excluding hydrogens is 325 g/mol. The van der Waals surface area contributed by atoms with E-state index in [1.807, 2.05) is 0 Å². The van der Waals surface area contributed by atoms with E-state index in [1.54, 1.807) is 0 Å². The van der Waals surface area contributed by atoms with Crippen molar-refractivity contribution in [3.63, 3.8) is 0 Å². The summed E-state index contributed by atoms with van der Waals surface area (Å²) in [7, 11) is -10.9. The van der Waals surface area contributed by atoms with Crippen molar-refractivity contribution in [2.45, 2.75) is 0 Å². The third-order valence-corrected chi connectivity index (χ3v) is 0.167. The molecule has 0 heterocycles. The lowest BCUT2D eigenvalue weighted by Gasteiger charge is -1.92. The first kappa shape index (κ1) is 27.7. The molecule has 19 heavy (non-hydrogen) atoms. The second-order valence-electron chi connectivity index (χ2n) is 2.66. The van der Waals surface area contributed by atoms with Gasteiger partial charge in [-0.25, -0.2) is 0 Å². The summed E-state index contributed by atoms with van der Waals surface area (Å²) in [5, 5.41) is 0. The highest BCUT2D eigenvalue weighted by atomic mass is 31.2. The fraction of sp³-hybridized carbons (Fsp3) is 0.400. The smallest absolute Gasteiger partial charge is 0.242 e. The molecule has 0 saturated heterocycles. The summed E-state index contributed by atoms with van der Waals surface area (Å²) in [6, 6.07) is 0. The van der Waals surface area contributed by atoms with E-state index in [1.165, 1.54) is 0 Å². The zero-order valence-corrected chi connectivity index (χ0v) is 12.7.